The monoisotopic (exact) mass is 170 g/mol. The smallest absolute Gasteiger partial charge is 0.112 e. The van der Waals surface area contributed by atoms with Crippen LogP contribution in [0.1, 0.15) is 31.7 Å². The predicted molar refractivity (Wildman–Crippen MR) is 48.6 cm³/mol. The topological polar surface area (TPSA) is 38.9 Å². The minimum Gasteiger partial charge on any atom is -0.320 e. The molecule has 0 spiro atoms. The first-order valence-electron chi connectivity index (χ1n) is 3.85. The molecule has 2 N–H and O–H groups in total. The number of nitrogens with two attached hydrogens (primary N) is 1. The molecule has 62 valence electrons. The summed E-state index contributed by atoms with van der Waals surface area (Å²) in [5, 5.41) is 3.01. The van der Waals surface area contributed by atoms with Crippen LogP contribution >= 0.6 is 11.3 Å². The quantitative estimate of drug-likeness (QED) is 0.754. The van der Waals surface area contributed by atoms with Crippen LogP contribution < -0.4 is 5.73 Å². The minimum absolute atomic E-state index is 0.219. The first-order chi connectivity index (χ1) is 5.17. The van der Waals surface area contributed by atoms with Gasteiger partial charge in [0.15, 0.2) is 0 Å². The maximum Gasteiger partial charge on any atom is 0.112 e. The molecule has 1 aromatic rings. The lowest BCUT2D eigenvalue weighted by molar-refractivity contribution is 0.444. The molecule has 1 rings (SSSR count). The third-order valence-electron chi connectivity index (χ3n) is 1.69. The van der Waals surface area contributed by atoms with E-state index in [0.29, 0.717) is 0 Å². The van der Waals surface area contributed by atoms with Gasteiger partial charge in [-0.1, -0.05) is 13.3 Å². The summed E-state index contributed by atoms with van der Waals surface area (Å²) >= 11 is 1.63. The van der Waals surface area contributed by atoms with Crippen molar-refractivity contribution in [1.29, 1.82) is 0 Å². The number of hydrogen-bond donors (Lipinski definition) is 1. The molecular formula is C8H14N2S. The summed E-state index contributed by atoms with van der Waals surface area (Å²) in [4.78, 5) is 4.20. The van der Waals surface area contributed by atoms with Gasteiger partial charge >= 0.3 is 0 Å². The van der Waals surface area contributed by atoms with Crippen molar-refractivity contribution in [3.8, 4) is 0 Å². The van der Waals surface area contributed by atoms with Gasteiger partial charge in [-0.05, 0) is 13.3 Å². The van der Waals surface area contributed by atoms with Crippen molar-refractivity contribution < 1.29 is 0 Å². The second-order valence-electron chi connectivity index (χ2n) is 3.00. The maximum atomic E-state index is 6.04. The van der Waals surface area contributed by atoms with Gasteiger partial charge in [-0.15, -0.1) is 11.3 Å². The number of aromatic nitrogens is 1. The fraction of sp³-hybridized carbons (Fsp3) is 0.625. The highest BCUT2D eigenvalue weighted by molar-refractivity contribution is 7.09. The number of hydrogen-bond acceptors (Lipinski definition) is 3. The molecule has 0 saturated carbocycles. The van der Waals surface area contributed by atoms with E-state index < -0.39 is 0 Å². The summed E-state index contributed by atoms with van der Waals surface area (Å²) in [6.07, 6.45) is 3.91. The van der Waals surface area contributed by atoms with Crippen LogP contribution in [0.15, 0.2) is 11.6 Å². The molecule has 0 aliphatic rings. The van der Waals surface area contributed by atoms with E-state index in [2.05, 4.69) is 11.9 Å². The molecule has 1 atom stereocenters. The maximum absolute atomic E-state index is 6.04. The van der Waals surface area contributed by atoms with Crippen LogP contribution in [0, 0.1) is 0 Å². The molecular weight excluding hydrogens is 156 g/mol. The van der Waals surface area contributed by atoms with Gasteiger partial charge in [-0.3, -0.25) is 0 Å². The third kappa shape index (κ3) is 2.01. The van der Waals surface area contributed by atoms with Crippen LogP contribution in [0.3, 0.4) is 0 Å². The Bertz CT molecular complexity index is 204. The predicted octanol–water partition coefficient (Wildman–Crippen LogP) is 2.12. The normalized spacial score (nSPS) is 16.3. The zero-order valence-corrected chi connectivity index (χ0v) is 7.82. The standard InChI is InChI=1S/C8H14N2S/c1-3-4-8(2,9)7-10-5-6-11-7/h5-6H,3-4,9H2,1-2H3. The van der Waals surface area contributed by atoms with E-state index in [4.69, 9.17) is 5.73 Å². The Morgan fingerprint density at radius 3 is 2.91 bits per heavy atom. The number of thiazole rings is 1. The summed E-state index contributed by atoms with van der Waals surface area (Å²) in [5.41, 5.74) is 5.82. The second kappa shape index (κ2) is 3.32. The van der Waals surface area contributed by atoms with Crippen LogP contribution in [0.4, 0.5) is 0 Å². The molecule has 0 aliphatic carbocycles. The highest BCUT2D eigenvalue weighted by Gasteiger charge is 2.22. The van der Waals surface area contributed by atoms with Crippen molar-refractivity contribution in [2.45, 2.75) is 32.2 Å². The van der Waals surface area contributed by atoms with E-state index in [1.165, 1.54) is 0 Å². The molecule has 0 fully saturated rings. The summed E-state index contributed by atoms with van der Waals surface area (Å²) in [5.74, 6) is 0. The molecule has 0 amide bonds. The summed E-state index contributed by atoms with van der Waals surface area (Å²) in [7, 11) is 0. The average Bonchev–Trinajstić information content (AvgIpc) is 2.37. The Hall–Kier alpha value is -0.410. The van der Waals surface area contributed by atoms with Crippen LogP contribution in [0.2, 0.25) is 0 Å². The molecule has 0 aromatic carbocycles. The first-order valence-corrected chi connectivity index (χ1v) is 4.73. The van der Waals surface area contributed by atoms with Gasteiger partial charge in [-0.25, -0.2) is 4.98 Å². The van der Waals surface area contributed by atoms with Crippen LogP contribution in [0.5, 0.6) is 0 Å². The van der Waals surface area contributed by atoms with Crippen molar-refractivity contribution in [3.05, 3.63) is 16.6 Å². The van der Waals surface area contributed by atoms with E-state index in [0.717, 1.165) is 17.8 Å². The molecule has 3 heteroatoms. The van der Waals surface area contributed by atoms with Crippen LogP contribution in [-0.2, 0) is 5.54 Å². The SMILES string of the molecule is CCCC(C)(N)c1nccs1. The van der Waals surface area contributed by atoms with E-state index >= 15 is 0 Å². The minimum atomic E-state index is -0.219. The second-order valence-corrected chi connectivity index (χ2v) is 3.90. The summed E-state index contributed by atoms with van der Waals surface area (Å²) in [6.45, 7) is 4.17. The van der Waals surface area contributed by atoms with Crippen molar-refractivity contribution >= 4 is 11.3 Å². The molecule has 1 heterocycles. The zero-order valence-electron chi connectivity index (χ0n) is 7.00. The zero-order chi connectivity index (χ0) is 8.32. The first kappa shape index (κ1) is 8.68. The van der Waals surface area contributed by atoms with Crippen LogP contribution in [0.25, 0.3) is 0 Å². The largest absolute Gasteiger partial charge is 0.320 e. The Morgan fingerprint density at radius 2 is 2.45 bits per heavy atom. The molecule has 1 aromatic heterocycles. The molecule has 0 bridgehead atoms. The van der Waals surface area contributed by atoms with E-state index in [1.807, 2.05) is 12.3 Å². The van der Waals surface area contributed by atoms with Crippen molar-refractivity contribution in [2.75, 3.05) is 0 Å². The molecule has 11 heavy (non-hydrogen) atoms. The number of rotatable bonds is 3. The van der Waals surface area contributed by atoms with Gasteiger partial charge in [0.2, 0.25) is 0 Å². The van der Waals surface area contributed by atoms with Crippen molar-refractivity contribution in [2.24, 2.45) is 5.73 Å². The third-order valence-corrected chi connectivity index (χ3v) is 2.74. The van der Waals surface area contributed by atoms with Gasteiger partial charge in [0.05, 0.1) is 5.54 Å². The van der Waals surface area contributed by atoms with Crippen molar-refractivity contribution in [1.82, 2.24) is 4.98 Å². The lowest BCUT2D eigenvalue weighted by Gasteiger charge is -2.20. The van der Waals surface area contributed by atoms with Crippen LogP contribution in [-0.4, -0.2) is 4.98 Å². The lowest BCUT2D eigenvalue weighted by Crippen LogP contribution is -2.32. The van der Waals surface area contributed by atoms with Gasteiger partial charge < -0.3 is 5.73 Å². The highest BCUT2D eigenvalue weighted by Crippen LogP contribution is 2.24. The van der Waals surface area contributed by atoms with Crippen molar-refractivity contribution in [3.63, 3.8) is 0 Å². The molecule has 2 nitrogen and oxygen atoms in total. The van der Waals surface area contributed by atoms with Gasteiger partial charge in [-0.2, -0.15) is 0 Å². The Labute approximate surface area is 71.5 Å². The fourth-order valence-electron chi connectivity index (χ4n) is 1.13. The van der Waals surface area contributed by atoms with Gasteiger partial charge in [0.25, 0.3) is 0 Å². The molecule has 0 aliphatic heterocycles. The Morgan fingerprint density at radius 1 is 1.73 bits per heavy atom. The molecule has 1 unspecified atom stereocenters. The molecule has 0 saturated heterocycles. The fourth-order valence-corrected chi connectivity index (χ4v) is 1.88. The van der Waals surface area contributed by atoms with E-state index in [-0.39, 0.29) is 5.54 Å². The Kier molecular flexibility index (Phi) is 2.62. The highest BCUT2D eigenvalue weighted by atomic mass is 32.1. The summed E-state index contributed by atoms with van der Waals surface area (Å²) < 4.78 is 0. The van der Waals surface area contributed by atoms with Gasteiger partial charge in [0, 0.05) is 11.6 Å². The average molecular weight is 170 g/mol. The number of nitrogens with zero attached hydrogens (tertiary/aromatic N) is 1. The lowest BCUT2D eigenvalue weighted by atomic mass is 9.99. The van der Waals surface area contributed by atoms with E-state index in [9.17, 15) is 0 Å². The summed E-state index contributed by atoms with van der Waals surface area (Å²) in [6, 6.07) is 0. The van der Waals surface area contributed by atoms with E-state index in [1.54, 1.807) is 17.5 Å². The molecule has 0 radical (unpaired) electrons. The van der Waals surface area contributed by atoms with Gasteiger partial charge in [0.1, 0.15) is 5.01 Å². The Balaban J connectivity index is 2.73.